The van der Waals surface area contributed by atoms with E-state index in [0.29, 0.717) is 25.6 Å². The van der Waals surface area contributed by atoms with Crippen molar-refractivity contribution in [2.24, 2.45) is 5.92 Å². The summed E-state index contributed by atoms with van der Waals surface area (Å²) in [6.45, 7) is 4.55. The first-order chi connectivity index (χ1) is 8.97. The minimum Gasteiger partial charge on any atom is -0.508 e. The number of phenols is 2. The van der Waals surface area contributed by atoms with E-state index in [4.69, 9.17) is 9.47 Å². The Morgan fingerprint density at radius 1 is 1.21 bits per heavy atom. The topological polar surface area (TPSA) is 76.0 Å². The van der Waals surface area contributed by atoms with E-state index >= 15 is 0 Å². The summed E-state index contributed by atoms with van der Waals surface area (Å²) in [6, 6.07) is 4.34. The average molecular weight is 268 g/mol. The standard InChI is InChI=1S/C14H20O5/c1-10(2)8-19-14(17)9-18-4-3-11-5-12(15)7-13(16)6-11/h5-7,10,15-16H,3-4,8-9H2,1-2H3. The van der Waals surface area contributed by atoms with Crippen molar-refractivity contribution in [3.63, 3.8) is 0 Å². The van der Waals surface area contributed by atoms with Crippen LogP contribution in [0.25, 0.3) is 0 Å². The van der Waals surface area contributed by atoms with E-state index in [-0.39, 0.29) is 24.1 Å². The van der Waals surface area contributed by atoms with Crippen molar-refractivity contribution >= 4 is 5.97 Å². The van der Waals surface area contributed by atoms with Gasteiger partial charge in [0.2, 0.25) is 0 Å². The van der Waals surface area contributed by atoms with E-state index in [2.05, 4.69) is 0 Å². The van der Waals surface area contributed by atoms with Crippen LogP contribution in [0, 0.1) is 5.92 Å². The molecule has 2 N–H and O–H groups in total. The summed E-state index contributed by atoms with van der Waals surface area (Å²) in [5.41, 5.74) is 0.744. The molecule has 106 valence electrons. The zero-order valence-corrected chi connectivity index (χ0v) is 11.3. The van der Waals surface area contributed by atoms with Crippen molar-refractivity contribution in [2.45, 2.75) is 20.3 Å². The Hall–Kier alpha value is -1.75. The average Bonchev–Trinajstić information content (AvgIpc) is 2.31. The van der Waals surface area contributed by atoms with Gasteiger partial charge >= 0.3 is 5.97 Å². The monoisotopic (exact) mass is 268 g/mol. The maximum atomic E-state index is 11.2. The molecule has 0 amide bonds. The number of ether oxygens (including phenoxy) is 2. The summed E-state index contributed by atoms with van der Waals surface area (Å²) in [5, 5.41) is 18.6. The van der Waals surface area contributed by atoms with Gasteiger partial charge in [0.25, 0.3) is 0 Å². The van der Waals surface area contributed by atoms with E-state index in [1.54, 1.807) is 12.1 Å². The second-order valence-electron chi connectivity index (χ2n) is 4.74. The van der Waals surface area contributed by atoms with Crippen LogP contribution in [0.4, 0.5) is 0 Å². The summed E-state index contributed by atoms with van der Waals surface area (Å²) in [4.78, 5) is 11.2. The predicted octanol–water partition coefficient (Wildman–Crippen LogP) is 1.86. The number of esters is 1. The van der Waals surface area contributed by atoms with Crippen LogP contribution in [0.5, 0.6) is 11.5 Å². The van der Waals surface area contributed by atoms with Gasteiger partial charge in [0, 0.05) is 6.07 Å². The van der Waals surface area contributed by atoms with Gasteiger partial charge < -0.3 is 19.7 Å². The van der Waals surface area contributed by atoms with Crippen LogP contribution in [-0.2, 0) is 20.7 Å². The molecule has 0 atom stereocenters. The SMILES string of the molecule is CC(C)COC(=O)COCCc1cc(O)cc(O)c1. The number of phenolic OH excluding ortho intramolecular Hbond substituents is 2. The second kappa shape index (κ2) is 7.63. The number of carbonyl (C=O) groups excluding carboxylic acids is 1. The van der Waals surface area contributed by atoms with Gasteiger partial charge in [-0.15, -0.1) is 0 Å². The largest absolute Gasteiger partial charge is 0.508 e. The summed E-state index contributed by atoms with van der Waals surface area (Å²) in [6.07, 6.45) is 0.499. The Morgan fingerprint density at radius 2 is 1.84 bits per heavy atom. The smallest absolute Gasteiger partial charge is 0.332 e. The van der Waals surface area contributed by atoms with E-state index in [9.17, 15) is 15.0 Å². The van der Waals surface area contributed by atoms with Crippen LogP contribution < -0.4 is 0 Å². The van der Waals surface area contributed by atoms with Crippen molar-refractivity contribution < 1.29 is 24.5 Å². The van der Waals surface area contributed by atoms with Crippen LogP contribution in [0.1, 0.15) is 19.4 Å². The molecule has 0 aliphatic rings. The fraction of sp³-hybridized carbons (Fsp3) is 0.500. The minimum absolute atomic E-state index is 0.00587. The summed E-state index contributed by atoms with van der Waals surface area (Å²) in [7, 11) is 0. The molecule has 5 heteroatoms. The molecule has 0 aliphatic heterocycles. The highest BCUT2D eigenvalue weighted by Gasteiger charge is 2.05. The number of aromatic hydroxyl groups is 2. The van der Waals surface area contributed by atoms with E-state index in [1.807, 2.05) is 13.8 Å². The van der Waals surface area contributed by atoms with Gasteiger partial charge in [-0.1, -0.05) is 13.8 Å². The first-order valence-corrected chi connectivity index (χ1v) is 6.22. The molecule has 0 radical (unpaired) electrons. The van der Waals surface area contributed by atoms with Crippen molar-refractivity contribution in [1.29, 1.82) is 0 Å². The fourth-order valence-corrected chi connectivity index (χ4v) is 1.45. The zero-order valence-electron chi connectivity index (χ0n) is 11.3. The third-order valence-electron chi connectivity index (χ3n) is 2.29. The highest BCUT2D eigenvalue weighted by Crippen LogP contribution is 2.20. The molecule has 0 fully saturated rings. The lowest BCUT2D eigenvalue weighted by Gasteiger charge is -2.08. The van der Waals surface area contributed by atoms with Crippen molar-refractivity contribution in [2.75, 3.05) is 19.8 Å². The molecule has 1 aromatic carbocycles. The molecule has 0 spiro atoms. The predicted molar refractivity (Wildman–Crippen MR) is 70.1 cm³/mol. The minimum atomic E-state index is -0.382. The highest BCUT2D eigenvalue weighted by atomic mass is 16.6. The van der Waals surface area contributed by atoms with Crippen LogP contribution in [0.2, 0.25) is 0 Å². The number of hydrogen-bond donors (Lipinski definition) is 2. The van der Waals surface area contributed by atoms with E-state index < -0.39 is 0 Å². The molecule has 19 heavy (non-hydrogen) atoms. The van der Waals surface area contributed by atoms with Crippen molar-refractivity contribution in [1.82, 2.24) is 0 Å². The summed E-state index contributed by atoms with van der Waals surface area (Å²) >= 11 is 0. The molecular formula is C14H20O5. The molecule has 5 nitrogen and oxygen atoms in total. The Kier molecular flexibility index (Phi) is 6.15. The van der Waals surface area contributed by atoms with Gasteiger partial charge in [-0.25, -0.2) is 4.79 Å². The Labute approximate surface area is 112 Å². The van der Waals surface area contributed by atoms with Gasteiger partial charge in [-0.05, 0) is 30.0 Å². The lowest BCUT2D eigenvalue weighted by atomic mass is 10.1. The van der Waals surface area contributed by atoms with Gasteiger partial charge in [-0.3, -0.25) is 0 Å². The first-order valence-electron chi connectivity index (χ1n) is 6.22. The number of hydrogen-bond acceptors (Lipinski definition) is 5. The molecule has 0 aromatic heterocycles. The Bertz CT molecular complexity index is 394. The van der Waals surface area contributed by atoms with E-state index in [0.717, 1.165) is 5.56 Å². The van der Waals surface area contributed by atoms with Crippen molar-refractivity contribution in [3.8, 4) is 11.5 Å². The second-order valence-corrected chi connectivity index (χ2v) is 4.74. The molecule has 0 bridgehead atoms. The first kappa shape index (κ1) is 15.3. The fourth-order valence-electron chi connectivity index (χ4n) is 1.45. The normalized spacial score (nSPS) is 10.7. The van der Waals surface area contributed by atoms with Gasteiger partial charge in [0.1, 0.15) is 18.1 Å². The molecule has 0 saturated heterocycles. The van der Waals surface area contributed by atoms with Crippen LogP contribution >= 0.6 is 0 Å². The Balaban J connectivity index is 2.21. The van der Waals surface area contributed by atoms with Crippen molar-refractivity contribution in [3.05, 3.63) is 23.8 Å². The lowest BCUT2D eigenvalue weighted by molar-refractivity contribution is -0.150. The molecule has 0 heterocycles. The summed E-state index contributed by atoms with van der Waals surface area (Å²) < 4.78 is 10.1. The van der Waals surface area contributed by atoms with Gasteiger partial charge in [0.15, 0.2) is 0 Å². The highest BCUT2D eigenvalue weighted by molar-refractivity contribution is 5.70. The molecule has 1 aromatic rings. The zero-order chi connectivity index (χ0) is 14.3. The van der Waals surface area contributed by atoms with E-state index in [1.165, 1.54) is 6.07 Å². The third-order valence-corrected chi connectivity index (χ3v) is 2.29. The maximum Gasteiger partial charge on any atom is 0.332 e. The number of rotatable bonds is 7. The number of carbonyl (C=O) groups is 1. The maximum absolute atomic E-state index is 11.2. The lowest BCUT2D eigenvalue weighted by Crippen LogP contribution is -2.16. The quantitative estimate of drug-likeness (QED) is 0.583. The summed E-state index contributed by atoms with van der Waals surface area (Å²) in [5.74, 6) is -0.0654. The van der Waals surface area contributed by atoms with Crippen LogP contribution in [0.15, 0.2) is 18.2 Å². The van der Waals surface area contributed by atoms with Crippen LogP contribution in [0.3, 0.4) is 0 Å². The molecule has 1 rings (SSSR count). The Morgan fingerprint density at radius 3 is 2.42 bits per heavy atom. The molecule has 0 unspecified atom stereocenters. The molecule has 0 aliphatic carbocycles. The number of benzene rings is 1. The van der Waals surface area contributed by atoms with Gasteiger partial charge in [0.05, 0.1) is 13.2 Å². The van der Waals surface area contributed by atoms with Gasteiger partial charge in [-0.2, -0.15) is 0 Å². The molecule has 0 saturated carbocycles. The molecular weight excluding hydrogens is 248 g/mol. The third kappa shape index (κ3) is 6.67. The van der Waals surface area contributed by atoms with Crippen LogP contribution in [-0.4, -0.2) is 36.0 Å².